The Bertz CT molecular complexity index is 671. The fourth-order valence-corrected chi connectivity index (χ4v) is 3.88. The molecule has 0 spiro atoms. The number of nitriles is 1. The van der Waals surface area contributed by atoms with Gasteiger partial charge < -0.3 is 5.11 Å². The lowest BCUT2D eigenvalue weighted by Crippen LogP contribution is -2.42. The van der Waals surface area contributed by atoms with Crippen LogP contribution in [0, 0.1) is 17.2 Å². The maximum absolute atomic E-state index is 12.4. The first-order valence-electron chi connectivity index (χ1n) is 6.21. The Morgan fingerprint density at radius 2 is 1.95 bits per heavy atom. The molecule has 2 unspecified atom stereocenters. The summed E-state index contributed by atoms with van der Waals surface area (Å²) in [6.45, 7) is 0. The van der Waals surface area contributed by atoms with Gasteiger partial charge in [-0.2, -0.15) is 5.26 Å². The zero-order valence-electron chi connectivity index (χ0n) is 10.8. The Morgan fingerprint density at radius 1 is 1.25 bits per heavy atom. The van der Waals surface area contributed by atoms with E-state index in [1.165, 1.54) is 18.2 Å². The summed E-state index contributed by atoms with van der Waals surface area (Å²) in [7, 11) is -3.61. The topological polar surface area (TPSA) is 78.2 Å². The monoisotopic (exact) mass is 289 g/mol. The number of hydrogen-bond acceptors (Lipinski definition) is 4. The van der Waals surface area contributed by atoms with E-state index in [2.05, 4.69) is 0 Å². The number of allylic oxidation sites excluding steroid dienone is 2. The summed E-state index contributed by atoms with van der Waals surface area (Å²) in [5, 5.41) is 19.4. The van der Waals surface area contributed by atoms with Crippen molar-refractivity contribution in [3.05, 3.63) is 54.6 Å². The lowest BCUT2D eigenvalue weighted by molar-refractivity contribution is 0.0704. The van der Waals surface area contributed by atoms with Crippen LogP contribution in [-0.4, -0.2) is 24.9 Å². The molecule has 0 amide bonds. The van der Waals surface area contributed by atoms with Crippen molar-refractivity contribution >= 4 is 9.84 Å². The van der Waals surface area contributed by atoms with Gasteiger partial charge in [0.15, 0.2) is 9.84 Å². The highest BCUT2D eigenvalue weighted by Gasteiger charge is 2.38. The molecular weight excluding hydrogens is 274 g/mol. The Kier molecular flexibility index (Phi) is 4.07. The summed E-state index contributed by atoms with van der Waals surface area (Å²) in [6, 6.07) is 9.99. The summed E-state index contributed by atoms with van der Waals surface area (Å²) < 4.78 is 24.7. The number of aliphatic hydroxyl groups is 1. The van der Waals surface area contributed by atoms with Crippen molar-refractivity contribution in [3.63, 3.8) is 0 Å². The molecule has 0 bridgehead atoms. The normalized spacial score (nSPS) is 25.3. The third kappa shape index (κ3) is 2.98. The molecular formula is C15H15NO3S. The van der Waals surface area contributed by atoms with Gasteiger partial charge >= 0.3 is 0 Å². The van der Waals surface area contributed by atoms with Crippen molar-refractivity contribution < 1.29 is 13.5 Å². The molecule has 0 aromatic heterocycles. The summed E-state index contributed by atoms with van der Waals surface area (Å²) >= 11 is 0. The fraction of sp³-hybridized carbons (Fsp3) is 0.267. The van der Waals surface area contributed by atoms with E-state index in [1.54, 1.807) is 36.4 Å². The van der Waals surface area contributed by atoms with Crippen LogP contribution in [0.2, 0.25) is 0 Å². The van der Waals surface area contributed by atoms with E-state index < -0.39 is 27.1 Å². The van der Waals surface area contributed by atoms with Gasteiger partial charge in [-0.3, -0.25) is 0 Å². The molecule has 2 rings (SSSR count). The van der Waals surface area contributed by atoms with E-state index in [9.17, 15) is 13.5 Å². The van der Waals surface area contributed by atoms with Gasteiger partial charge in [-0.15, -0.1) is 0 Å². The Hall–Kier alpha value is -1.90. The minimum absolute atomic E-state index is 0.0711. The molecule has 5 heteroatoms. The highest BCUT2D eigenvalue weighted by atomic mass is 32.2. The summed E-state index contributed by atoms with van der Waals surface area (Å²) in [5.41, 5.74) is -1.54. The van der Waals surface area contributed by atoms with Crippen LogP contribution in [-0.2, 0) is 9.84 Å². The summed E-state index contributed by atoms with van der Waals surface area (Å²) in [4.78, 5) is 0.173. The standard InChI is InChI=1S/C15H15NO3S/c16-11-9-13-6-4-5-10-15(13,17)12-20(18,19)14-7-2-1-3-8-14/h1-8,10,13,17H,9,12H2. The predicted molar refractivity (Wildman–Crippen MR) is 75.4 cm³/mol. The third-order valence-corrected chi connectivity index (χ3v) is 5.15. The van der Waals surface area contributed by atoms with Crippen LogP contribution >= 0.6 is 0 Å². The molecule has 0 fully saturated rings. The van der Waals surface area contributed by atoms with Gasteiger partial charge in [0.2, 0.25) is 0 Å². The largest absolute Gasteiger partial charge is 0.384 e. The molecule has 1 aromatic carbocycles. The van der Waals surface area contributed by atoms with Crippen LogP contribution in [0.3, 0.4) is 0 Å². The molecule has 1 aliphatic carbocycles. The molecule has 0 aliphatic heterocycles. The molecule has 1 N–H and O–H groups in total. The van der Waals surface area contributed by atoms with Gasteiger partial charge in [-0.1, -0.05) is 42.5 Å². The first kappa shape index (κ1) is 14.5. The van der Waals surface area contributed by atoms with Crippen molar-refractivity contribution in [3.8, 4) is 6.07 Å². The third-order valence-electron chi connectivity index (χ3n) is 3.32. The molecule has 2 atom stereocenters. The second-order valence-electron chi connectivity index (χ2n) is 4.78. The van der Waals surface area contributed by atoms with Crippen molar-refractivity contribution in [2.24, 2.45) is 5.92 Å². The van der Waals surface area contributed by atoms with Gasteiger partial charge in [0.25, 0.3) is 0 Å². The van der Waals surface area contributed by atoms with Crippen molar-refractivity contribution in [2.45, 2.75) is 16.9 Å². The van der Waals surface area contributed by atoms with Gasteiger partial charge in [0, 0.05) is 12.3 Å². The van der Waals surface area contributed by atoms with Crippen LogP contribution in [0.5, 0.6) is 0 Å². The molecule has 0 saturated carbocycles. The molecule has 0 heterocycles. The quantitative estimate of drug-likeness (QED) is 0.917. The van der Waals surface area contributed by atoms with Crippen LogP contribution in [0.4, 0.5) is 0 Å². The molecule has 4 nitrogen and oxygen atoms in total. The zero-order valence-corrected chi connectivity index (χ0v) is 11.6. The first-order chi connectivity index (χ1) is 9.48. The molecule has 1 aliphatic rings. The van der Waals surface area contributed by atoms with Gasteiger partial charge in [0.1, 0.15) is 5.60 Å². The predicted octanol–water partition coefficient (Wildman–Crippen LogP) is 1.85. The average Bonchev–Trinajstić information content (AvgIpc) is 2.42. The van der Waals surface area contributed by atoms with Crippen LogP contribution in [0.15, 0.2) is 59.5 Å². The summed E-state index contributed by atoms with van der Waals surface area (Å²) in [6.07, 6.45) is 6.51. The van der Waals surface area contributed by atoms with Gasteiger partial charge in [0.05, 0.1) is 16.7 Å². The van der Waals surface area contributed by atoms with Crippen LogP contribution < -0.4 is 0 Å². The van der Waals surface area contributed by atoms with E-state index in [1.807, 2.05) is 6.07 Å². The average molecular weight is 289 g/mol. The van der Waals surface area contributed by atoms with Crippen molar-refractivity contribution in [1.29, 1.82) is 5.26 Å². The smallest absolute Gasteiger partial charge is 0.181 e. The van der Waals surface area contributed by atoms with Crippen LogP contribution in [0.1, 0.15) is 6.42 Å². The van der Waals surface area contributed by atoms with Gasteiger partial charge in [-0.25, -0.2) is 8.42 Å². The number of rotatable bonds is 4. The highest BCUT2D eigenvalue weighted by molar-refractivity contribution is 7.91. The lowest BCUT2D eigenvalue weighted by Gasteiger charge is -2.32. The van der Waals surface area contributed by atoms with Crippen LogP contribution in [0.25, 0.3) is 0 Å². The molecule has 0 radical (unpaired) electrons. The van der Waals surface area contributed by atoms with E-state index in [4.69, 9.17) is 5.26 Å². The molecule has 1 aromatic rings. The molecule has 104 valence electrons. The number of nitrogens with zero attached hydrogens (tertiary/aromatic N) is 1. The summed E-state index contributed by atoms with van der Waals surface area (Å²) in [5.74, 6) is -0.951. The van der Waals surface area contributed by atoms with E-state index in [0.717, 1.165) is 0 Å². The number of sulfone groups is 1. The Morgan fingerprint density at radius 3 is 2.60 bits per heavy atom. The number of benzene rings is 1. The van der Waals surface area contributed by atoms with E-state index in [0.29, 0.717) is 0 Å². The minimum Gasteiger partial charge on any atom is -0.384 e. The highest BCUT2D eigenvalue weighted by Crippen LogP contribution is 2.30. The minimum atomic E-state index is -3.61. The maximum atomic E-state index is 12.4. The molecule has 0 saturated heterocycles. The fourth-order valence-electron chi connectivity index (χ4n) is 2.22. The van der Waals surface area contributed by atoms with Gasteiger partial charge in [-0.05, 0) is 12.1 Å². The second-order valence-corrected chi connectivity index (χ2v) is 6.77. The zero-order chi connectivity index (χ0) is 14.6. The SMILES string of the molecule is N#CCC1C=CC=CC1(O)CS(=O)(=O)c1ccccc1. The Balaban J connectivity index is 2.30. The van der Waals surface area contributed by atoms with Crippen molar-refractivity contribution in [2.75, 3.05) is 5.75 Å². The Labute approximate surface area is 118 Å². The second kappa shape index (κ2) is 5.61. The lowest BCUT2D eigenvalue weighted by atomic mass is 9.83. The maximum Gasteiger partial charge on any atom is 0.181 e. The van der Waals surface area contributed by atoms with E-state index in [-0.39, 0.29) is 11.3 Å². The molecule has 20 heavy (non-hydrogen) atoms. The van der Waals surface area contributed by atoms with Crippen molar-refractivity contribution in [1.82, 2.24) is 0 Å². The number of hydrogen-bond donors (Lipinski definition) is 1. The first-order valence-corrected chi connectivity index (χ1v) is 7.86. The van der Waals surface area contributed by atoms with E-state index >= 15 is 0 Å².